The molecule has 0 saturated heterocycles. The second-order valence-corrected chi connectivity index (χ2v) is 5.52. The van der Waals surface area contributed by atoms with E-state index in [2.05, 4.69) is 17.6 Å². The van der Waals surface area contributed by atoms with E-state index in [1.54, 1.807) is 0 Å². The SMILES string of the molecule is CCC1CC1NC(=O)NC1CCC(C(=O)O)CC1. The van der Waals surface area contributed by atoms with Crippen LogP contribution in [0.4, 0.5) is 4.79 Å². The number of carboxylic acids is 1. The summed E-state index contributed by atoms with van der Waals surface area (Å²) in [5, 5.41) is 14.8. The first-order valence-corrected chi connectivity index (χ1v) is 6.90. The van der Waals surface area contributed by atoms with Gasteiger partial charge < -0.3 is 15.7 Å². The summed E-state index contributed by atoms with van der Waals surface area (Å²) in [6, 6.07) is 0.402. The van der Waals surface area contributed by atoms with Crippen molar-refractivity contribution in [2.24, 2.45) is 11.8 Å². The highest BCUT2D eigenvalue weighted by Crippen LogP contribution is 2.33. The smallest absolute Gasteiger partial charge is 0.315 e. The molecule has 2 saturated carbocycles. The molecule has 5 heteroatoms. The van der Waals surface area contributed by atoms with Crippen LogP contribution in [-0.2, 0) is 4.79 Å². The standard InChI is InChI=1S/C13H22N2O3/c1-2-8-7-11(8)15-13(18)14-10-5-3-9(4-6-10)12(16)17/h8-11H,2-7H2,1H3,(H,16,17)(H2,14,15,18). The molecule has 18 heavy (non-hydrogen) atoms. The molecule has 0 spiro atoms. The van der Waals surface area contributed by atoms with Crippen LogP contribution < -0.4 is 10.6 Å². The lowest BCUT2D eigenvalue weighted by atomic mass is 9.86. The molecule has 2 fully saturated rings. The van der Waals surface area contributed by atoms with Gasteiger partial charge in [-0.05, 0) is 38.0 Å². The Labute approximate surface area is 107 Å². The zero-order valence-corrected chi connectivity index (χ0v) is 10.8. The highest BCUT2D eigenvalue weighted by Gasteiger charge is 2.37. The zero-order valence-electron chi connectivity index (χ0n) is 10.8. The van der Waals surface area contributed by atoms with Gasteiger partial charge in [0.15, 0.2) is 0 Å². The molecule has 0 aromatic carbocycles. The molecule has 0 heterocycles. The molecule has 0 radical (unpaired) electrons. The molecular formula is C13H22N2O3. The molecular weight excluding hydrogens is 232 g/mol. The number of nitrogens with one attached hydrogen (secondary N) is 2. The van der Waals surface area contributed by atoms with Crippen LogP contribution in [0, 0.1) is 11.8 Å². The first kappa shape index (κ1) is 13.2. The lowest BCUT2D eigenvalue weighted by Crippen LogP contribution is -2.45. The van der Waals surface area contributed by atoms with E-state index in [1.165, 1.54) is 0 Å². The van der Waals surface area contributed by atoms with Gasteiger partial charge in [0, 0.05) is 12.1 Å². The third-order valence-corrected chi connectivity index (χ3v) is 4.18. The fourth-order valence-corrected chi connectivity index (χ4v) is 2.76. The normalized spacial score (nSPS) is 34.7. The maximum absolute atomic E-state index is 11.7. The summed E-state index contributed by atoms with van der Waals surface area (Å²) >= 11 is 0. The molecule has 2 atom stereocenters. The molecule has 0 aromatic heterocycles. The Balaban J connectivity index is 1.65. The molecule has 2 aliphatic rings. The fraction of sp³-hybridized carbons (Fsp3) is 0.846. The van der Waals surface area contributed by atoms with Crippen LogP contribution in [0.5, 0.6) is 0 Å². The summed E-state index contributed by atoms with van der Waals surface area (Å²) in [6.45, 7) is 2.14. The number of amides is 2. The Morgan fingerprint density at radius 1 is 1.17 bits per heavy atom. The lowest BCUT2D eigenvalue weighted by molar-refractivity contribution is -0.142. The monoisotopic (exact) mass is 254 g/mol. The van der Waals surface area contributed by atoms with E-state index < -0.39 is 5.97 Å². The van der Waals surface area contributed by atoms with Crippen LogP contribution in [0.15, 0.2) is 0 Å². The van der Waals surface area contributed by atoms with E-state index in [0.29, 0.717) is 24.8 Å². The van der Waals surface area contributed by atoms with Gasteiger partial charge in [-0.15, -0.1) is 0 Å². The molecule has 102 valence electrons. The molecule has 2 amide bonds. The summed E-state index contributed by atoms with van der Waals surface area (Å²) in [6.07, 6.45) is 5.09. The Bertz CT molecular complexity index is 324. The van der Waals surface area contributed by atoms with E-state index in [1.807, 2.05) is 0 Å². The van der Waals surface area contributed by atoms with Crippen molar-refractivity contribution in [3.63, 3.8) is 0 Å². The number of urea groups is 1. The van der Waals surface area contributed by atoms with Crippen molar-refractivity contribution in [2.75, 3.05) is 0 Å². The van der Waals surface area contributed by atoms with E-state index in [-0.39, 0.29) is 18.0 Å². The van der Waals surface area contributed by atoms with Crippen LogP contribution in [0.2, 0.25) is 0 Å². The first-order chi connectivity index (χ1) is 8.60. The molecule has 0 aliphatic heterocycles. The van der Waals surface area contributed by atoms with Crippen molar-refractivity contribution >= 4 is 12.0 Å². The van der Waals surface area contributed by atoms with Crippen LogP contribution in [-0.4, -0.2) is 29.2 Å². The minimum atomic E-state index is -0.707. The Morgan fingerprint density at radius 3 is 2.33 bits per heavy atom. The van der Waals surface area contributed by atoms with Crippen molar-refractivity contribution in [3.05, 3.63) is 0 Å². The lowest BCUT2D eigenvalue weighted by Gasteiger charge is -2.26. The average molecular weight is 254 g/mol. The van der Waals surface area contributed by atoms with Crippen LogP contribution in [0.25, 0.3) is 0 Å². The molecule has 5 nitrogen and oxygen atoms in total. The van der Waals surface area contributed by atoms with Crippen molar-refractivity contribution in [2.45, 2.75) is 57.5 Å². The van der Waals surface area contributed by atoms with Gasteiger partial charge in [-0.25, -0.2) is 4.79 Å². The predicted octanol–water partition coefficient (Wildman–Crippen LogP) is 1.73. The molecule has 2 unspecified atom stereocenters. The van der Waals surface area contributed by atoms with E-state index in [0.717, 1.165) is 25.7 Å². The summed E-state index contributed by atoms with van der Waals surface area (Å²) in [5.41, 5.74) is 0. The first-order valence-electron chi connectivity index (χ1n) is 6.90. The summed E-state index contributed by atoms with van der Waals surface area (Å²) < 4.78 is 0. The maximum atomic E-state index is 11.7. The van der Waals surface area contributed by atoms with Crippen LogP contribution in [0.3, 0.4) is 0 Å². The number of rotatable bonds is 4. The van der Waals surface area contributed by atoms with E-state index in [9.17, 15) is 9.59 Å². The van der Waals surface area contributed by atoms with Gasteiger partial charge in [-0.3, -0.25) is 4.79 Å². The average Bonchev–Trinajstić information content (AvgIpc) is 3.08. The highest BCUT2D eigenvalue weighted by atomic mass is 16.4. The molecule has 0 aromatic rings. The van der Waals surface area contributed by atoms with Gasteiger partial charge >= 0.3 is 12.0 Å². The second kappa shape index (κ2) is 5.59. The number of aliphatic carboxylic acids is 1. The largest absolute Gasteiger partial charge is 0.481 e. The molecule has 0 bridgehead atoms. The zero-order chi connectivity index (χ0) is 13.1. The molecule has 3 N–H and O–H groups in total. The topological polar surface area (TPSA) is 78.4 Å². The molecule has 2 aliphatic carbocycles. The molecule has 2 rings (SSSR count). The van der Waals surface area contributed by atoms with Crippen LogP contribution in [0.1, 0.15) is 45.4 Å². The van der Waals surface area contributed by atoms with Crippen LogP contribution >= 0.6 is 0 Å². The number of carboxylic acid groups (broad SMARTS) is 1. The quantitative estimate of drug-likeness (QED) is 0.715. The number of carbonyl (C=O) groups excluding carboxylic acids is 1. The number of hydrogen-bond donors (Lipinski definition) is 3. The number of carbonyl (C=O) groups is 2. The van der Waals surface area contributed by atoms with Crippen molar-refractivity contribution < 1.29 is 14.7 Å². The minimum absolute atomic E-state index is 0.0882. The van der Waals surface area contributed by atoms with E-state index in [4.69, 9.17) is 5.11 Å². The van der Waals surface area contributed by atoms with Gasteiger partial charge in [0.25, 0.3) is 0 Å². The van der Waals surface area contributed by atoms with Gasteiger partial charge in [0.2, 0.25) is 0 Å². The third kappa shape index (κ3) is 3.37. The Kier molecular flexibility index (Phi) is 4.09. The second-order valence-electron chi connectivity index (χ2n) is 5.52. The predicted molar refractivity (Wildman–Crippen MR) is 67.2 cm³/mol. The van der Waals surface area contributed by atoms with Crippen molar-refractivity contribution in [1.29, 1.82) is 0 Å². The van der Waals surface area contributed by atoms with E-state index >= 15 is 0 Å². The van der Waals surface area contributed by atoms with Gasteiger partial charge in [-0.1, -0.05) is 13.3 Å². The van der Waals surface area contributed by atoms with Crippen molar-refractivity contribution in [3.8, 4) is 0 Å². The summed E-state index contributed by atoms with van der Waals surface area (Å²) in [7, 11) is 0. The summed E-state index contributed by atoms with van der Waals surface area (Å²) in [5.74, 6) is -0.279. The number of hydrogen-bond acceptors (Lipinski definition) is 2. The fourth-order valence-electron chi connectivity index (χ4n) is 2.76. The third-order valence-electron chi connectivity index (χ3n) is 4.18. The van der Waals surface area contributed by atoms with Crippen molar-refractivity contribution in [1.82, 2.24) is 10.6 Å². The van der Waals surface area contributed by atoms with Gasteiger partial charge in [-0.2, -0.15) is 0 Å². The van der Waals surface area contributed by atoms with Gasteiger partial charge in [0.1, 0.15) is 0 Å². The Morgan fingerprint density at radius 2 is 1.83 bits per heavy atom. The summed E-state index contributed by atoms with van der Waals surface area (Å²) in [4.78, 5) is 22.5. The maximum Gasteiger partial charge on any atom is 0.315 e. The minimum Gasteiger partial charge on any atom is -0.481 e. The highest BCUT2D eigenvalue weighted by molar-refractivity contribution is 5.75. The Hall–Kier alpha value is -1.26. The van der Waals surface area contributed by atoms with Gasteiger partial charge in [0.05, 0.1) is 5.92 Å².